The maximum Gasteiger partial charge on any atom is 0.0636 e. The molecule has 0 unspecified atom stereocenters. The first-order valence-corrected chi connectivity index (χ1v) is 5.51. The van der Waals surface area contributed by atoms with Gasteiger partial charge in [-0.3, -0.25) is 0 Å². The molecule has 2 rings (SSSR count). The zero-order valence-corrected chi connectivity index (χ0v) is 9.28. The van der Waals surface area contributed by atoms with Crippen LogP contribution >= 0.6 is 0 Å². The number of likely N-dealkylation sites (N-methyl/N-ethyl adjacent to an activating group) is 2. The van der Waals surface area contributed by atoms with Crippen LogP contribution in [0.1, 0.15) is 6.42 Å². The van der Waals surface area contributed by atoms with Crippen molar-refractivity contribution in [2.45, 2.75) is 12.5 Å². The Morgan fingerprint density at radius 2 is 1.93 bits per heavy atom. The van der Waals surface area contributed by atoms with Crippen molar-refractivity contribution >= 4 is 0 Å². The highest BCUT2D eigenvalue weighted by Crippen LogP contribution is 2.14. The monoisotopic (exact) mass is 199 g/mol. The first-order chi connectivity index (χ1) is 6.77. The summed E-state index contributed by atoms with van der Waals surface area (Å²) in [5, 5.41) is 4.85. The van der Waals surface area contributed by atoms with Crippen LogP contribution in [0.25, 0.3) is 0 Å². The number of hydrogen-bond acceptors (Lipinski definition) is 4. The topological polar surface area (TPSA) is 19.0 Å². The molecule has 0 saturated carbocycles. The summed E-state index contributed by atoms with van der Waals surface area (Å²) in [6, 6.07) is 0.610. The van der Waals surface area contributed by atoms with Gasteiger partial charge in [-0.1, -0.05) is 0 Å². The van der Waals surface area contributed by atoms with E-state index in [9.17, 15) is 0 Å². The van der Waals surface area contributed by atoms with Crippen LogP contribution < -0.4 is 0 Å². The molecule has 0 aromatic heterocycles. The maximum atomic E-state index is 5.41. The molecule has 0 amide bonds. The first kappa shape index (κ1) is 10.4. The summed E-state index contributed by atoms with van der Waals surface area (Å²) in [4.78, 5) is 2.38. The molecule has 0 aromatic carbocycles. The Morgan fingerprint density at radius 3 is 2.50 bits per heavy atom. The second-order valence-electron chi connectivity index (χ2n) is 4.35. The summed E-state index contributed by atoms with van der Waals surface area (Å²) in [5.74, 6) is 0. The van der Waals surface area contributed by atoms with E-state index < -0.39 is 0 Å². The van der Waals surface area contributed by atoms with Crippen LogP contribution in [0.5, 0.6) is 0 Å². The largest absolute Gasteiger partial charge is 0.380 e. The highest BCUT2D eigenvalue weighted by atomic mass is 16.5. The Labute approximate surface area is 86.4 Å². The fourth-order valence-electron chi connectivity index (χ4n) is 2.16. The van der Waals surface area contributed by atoms with Crippen LogP contribution in [-0.2, 0) is 4.74 Å². The molecule has 0 bridgehead atoms. The quantitative estimate of drug-likeness (QED) is 0.616. The van der Waals surface area contributed by atoms with Crippen molar-refractivity contribution < 1.29 is 4.74 Å². The van der Waals surface area contributed by atoms with Gasteiger partial charge < -0.3 is 9.64 Å². The second-order valence-corrected chi connectivity index (χ2v) is 4.35. The fraction of sp³-hybridized carbons (Fsp3) is 1.00. The van der Waals surface area contributed by atoms with Crippen molar-refractivity contribution in [1.82, 2.24) is 14.9 Å². The lowest BCUT2D eigenvalue weighted by atomic mass is 10.2. The molecule has 0 aromatic rings. The molecule has 82 valence electrons. The molecule has 2 saturated heterocycles. The number of piperazine rings is 1. The summed E-state index contributed by atoms with van der Waals surface area (Å²) in [5.41, 5.74) is 0. The van der Waals surface area contributed by atoms with E-state index in [1.165, 1.54) is 19.5 Å². The van der Waals surface area contributed by atoms with E-state index in [0.29, 0.717) is 6.04 Å². The predicted octanol–water partition coefficient (Wildman–Crippen LogP) is -0.130. The maximum absolute atomic E-state index is 5.41. The molecule has 2 aliphatic heterocycles. The second kappa shape index (κ2) is 4.57. The first-order valence-electron chi connectivity index (χ1n) is 5.51. The predicted molar refractivity (Wildman–Crippen MR) is 56.1 cm³/mol. The van der Waals surface area contributed by atoms with Crippen molar-refractivity contribution in [3.05, 3.63) is 0 Å². The highest BCUT2D eigenvalue weighted by molar-refractivity contribution is 4.75. The SMILES string of the molecule is CN1CCN(N(C)[C@@H]2CCOC2)CC1. The highest BCUT2D eigenvalue weighted by Gasteiger charge is 2.26. The summed E-state index contributed by atoms with van der Waals surface area (Å²) >= 11 is 0. The Bertz CT molecular complexity index is 174. The zero-order chi connectivity index (χ0) is 9.97. The fourth-order valence-corrected chi connectivity index (χ4v) is 2.16. The zero-order valence-electron chi connectivity index (χ0n) is 9.28. The average Bonchev–Trinajstić information content (AvgIpc) is 2.71. The Kier molecular flexibility index (Phi) is 3.38. The van der Waals surface area contributed by atoms with Gasteiger partial charge in [0, 0.05) is 45.9 Å². The number of hydrogen-bond donors (Lipinski definition) is 0. The van der Waals surface area contributed by atoms with Crippen molar-refractivity contribution in [2.75, 3.05) is 53.5 Å². The van der Waals surface area contributed by atoms with Gasteiger partial charge >= 0.3 is 0 Å². The lowest BCUT2D eigenvalue weighted by molar-refractivity contribution is -0.0640. The Hall–Kier alpha value is -0.160. The lowest BCUT2D eigenvalue weighted by Crippen LogP contribution is -2.54. The Balaban J connectivity index is 1.82. The third-order valence-corrected chi connectivity index (χ3v) is 3.36. The van der Waals surface area contributed by atoms with Gasteiger partial charge in [0.2, 0.25) is 0 Å². The molecule has 4 nitrogen and oxygen atoms in total. The van der Waals surface area contributed by atoms with Crippen molar-refractivity contribution in [1.29, 1.82) is 0 Å². The van der Waals surface area contributed by atoms with Gasteiger partial charge in [-0.25, -0.2) is 10.0 Å². The van der Waals surface area contributed by atoms with Crippen molar-refractivity contribution in [3.63, 3.8) is 0 Å². The summed E-state index contributed by atoms with van der Waals surface area (Å²) in [6.07, 6.45) is 1.18. The van der Waals surface area contributed by atoms with Crippen molar-refractivity contribution in [2.24, 2.45) is 0 Å². The molecular formula is C10H21N3O. The molecule has 0 aliphatic carbocycles. The Morgan fingerprint density at radius 1 is 1.21 bits per heavy atom. The van der Waals surface area contributed by atoms with E-state index >= 15 is 0 Å². The minimum atomic E-state index is 0.610. The van der Waals surface area contributed by atoms with Gasteiger partial charge in [0.05, 0.1) is 6.61 Å². The molecule has 0 spiro atoms. The summed E-state index contributed by atoms with van der Waals surface area (Å²) in [6.45, 7) is 6.51. The van der Waals surface area contributed by atoms with Crippen LogP contribution in [0.15, 0.2) is 0 Å². The van der Waals surface area contributed by atoms with E-state index in [4.69, 9.17) is 4.74 Å². The molecule has 0 N–H and O–H groups in total. The van der Waals surface area contributed by atoms with Crippen LogP contribution in [0.2, 0.25) is 0 Å². The van der Waals surface area contributed by atoms with Crippen LogP contribution in [0.4, 0.5) is 0 Å². The number of nitrogens with zero attached hydrogens (tertiary/aromatic N) is 3. The lowest BCUT2D eigenvalue weighted by Gasteiger charge is -2.40. The summed E-state index contributed by atoms with van der Waals surface area (Å²) < 4.78 is 5.41. The molecule has 14 heavy (non-hydrogen) atoms. The third-order valence-electron chi connectivity index (χ3n) is 3.36. The van der Waals surface area contributed by atoms with Gasteiger partial charge in [0.25, 0.3) is 0 Å². The summed E-state index contributed by atoms with van der Waals surface area (Å²) in [7, 11) is 4.39. The smallest absolute Gasteiger partial charge is 0.0636 e. The van der Waals surface area contributed by atoms with E-state index in [-0.39, 0.29) is 0 Å². The van der Waals surface area contributed by atoms with Crippen molar-refractivity contribution in [3.8, 4) is 0 Å². The van der Waals surface area contributed by atoms with Gasteiger partial charge in [-0.05, 0) is 13.5 Å². The molecule has 2 fully saturated rings. The molecule has 0 radical (unpaired) electrons. The van der Waals surface area contributed by atoms with Gasteiger partial charge in [0.15, 0.2) is 0 Å². The number of hydrazine groups is 1. The van der Waals surface area contributed by atoms with Gasteiger partial charge in [0.1, 0.15) is 0 Å². The van der Waals surface area contributed by atoms with E-state index in [1.807, 2.05) is 0 Å². The van der Waals surface area contributed by atoms with Gasteiger partial charge in [-0.15, -0.1) is 0 Å². The molecule has 1 atom stereocenters. The van der Waals surface area contributed by atoms with Gasteiger partial charge in [-0.2, -0.15) is 0 Å². The third kappa shape index (κ3) is 2.25. The van der Waals surface area contributed by atoms with Crippen LogP contribution in [0.3, 0.4) is 0 Å². The van der Waals surface area contributed by atoms with E-state index in [1.54, 1.807) is 0 Å². The molecule has 2 heterocycles. The van der Waals surface area contributed by atoms with E-state index in [2.05, 4.69) is 29.0 Å². The molecule has 4 heteroatoms. The normalized spacial score (nSPS) is 31.5. The van der Waals surface area contributed by atoms with Crippen LogP contribution in [-0.4, -0.2) is 74.4 Å². The minimum absolute atomic E-state index is 0.610. The van der Waals surface area contributed by atoms with E-state index in [0.717, 1.165) is 26.3 Å². The van der Waals surface area contributed by atoms with Crippen LogP contribution in [0, 0.1) is 0 Å². The average molecular weight is 199 g/mol. The molecular weight excluding hydrogens is 178 g/mol. The molecule has 2 aliphatic rings. The number of rotatable bonds is 2. The number of ether oxygens (including phenoxy) is 1. The standard InChI is InChI=1S/C10H21N3O/c1-11-4-6-13(7-5-11)12(2)10-3-8-14-9-10/h10H,3-9H2,1-2H3/t10-/m1/s1. The minimum Gasteiger partial charge on any atom is -0.380 e.